The average Bonchev–Trinajstić information content (AvgIpc) is 3.68. The Hall–Kier alpha value is -7.12. The molecule has 1 aromatic heterocycles. The molecule has 11 N–H and O–H groups in total. The fourth-order valence-electron chi connectivity index (χ4n) is 7.61. The number of para-hydroxylation sites is 1. The Kier molecular flexibility index (Phi) is 21.1. The smallest absolute Gasteiger partial charge is 0.303 e. The first-order chi connectivity index (χ1) is 32.3. The zero-order chi connectivity index (χ0) is 51.6. The molecule has 2 aromatic carbocycles. The zero-order valence-electron chi connectivity index (χ0n) is 40.4. The number of aliphatic carboxylic acids is 2. The van der Waals surface area contributed by atoms with Gasteiger partial charge in [0.15, 0.2) is 0 Å². The highest BCUT2D eigenvalue weighted by atomic mass is 16.4. The summed E-state index contributed by atoms with van der Waals surface area (Å²) in [7, 11) is 0. The lowest BCUT2D eigenvalue weighted by molar-refractivity contribution is -0.141. The number of carbonyl (C=O) groups excluding carboxylic acids is 8. The molecule has 0 radical (unpaired) electrons. The van der Waals surface area contributed by atoms with Crippen LogP contribution >= 0.6 is 0 Å². The standard InChI is InChI=1S/C49H68N8O12/c1-8-9-18-33(40(63)42(50)64)53-43(65)35(24-28(2)3)55-46(68)41(48(4,5)6)56-47(69)49(7,26-29-15-11-10-12-16-29)57-45(67)34(20-22-38(59)60)54-44(66)36(52-37(58)21-23-39(61)62)25-30-27-51-32-19-14-13-17-31(30)32/h10-17,19,27-28,33-36,41,51H,8-9,18,20-26H2,1-7H3,(H2,50,64)(H,52,58)(H,53,65)(H,54,66)(H,55,68)(H,56,69)(H,57,67)(H,59,60)(H,61,62)/t33-,34-,35-,36-,41+,49-/m0/s1. The molecule has 3 aromatic rings. The molecule has 3 rings (SSSR count). The summed E-state index contributed by atoms with van der Waals surface area (Å²) < 4.78 is 0. The number of benzene rings is 2. The highest BCUT2D eigenvalue weighted by Gasteiger charge is 2.43. The van der Waals surface area contributed by atoms with E-state index >= 15 is 0 Å². The van der Waals surface area contributed by atoms with Crippen LogP contribution in [0.4, 0.5) is 0 Å². The Morgan fingerprint density at radius 1 is 0.667 bits per heavy atom. The van der Waals surface area contributed by atoms with E-state index in [-0.39, 0.29) is 31.6 Å². The third-order valence-electron chi connectivity index (χ3n) is 11.4. The highest BCUT2D eigenvalue weighted by Crippen LogP contribution is 2.24. The summed E-state index contributed by atoms with van der Waals surface area (Å²) in [5, 5.41) is 35.5. The minimum absolute atomic E-state index is 0.105. The second kappa shape index (κ2) is 25.9. The molecule has 20 heteroatoms. The summed E-state index contributed by atoms with van der Waals surface area (Å²) >= 11 is 0. The number of unbranched alkanes of at least 4 members (excludes halogenated alkanes) is 1. The number of nitrogens with one attached hydrogen (secondary N) is 7. The zero-order valence-corrected chi connectivity index (χ0v) is 40.4. The van der Waals surface area contributed by atoms with Gasteiger partial charge in [-0.2, -0.15) is 0 Å². The van der Waals surface area contributed by atoms with Crippen LogP contribution in [-0.4, -0.2) is 110 Å². The largest absolute Gasteiger partial charge is 0.481 e. The van der Waals surface area contributed by atoms with Crippen molar-refractivity contribution in [2.75, 3.05) is 0 Å². The number of carbonyl (C=O) groups is 10. The number of primary amides is 1. The number of fused-ring (bicyclic) bond motifs is 1. The maximum absolute atomic E-state index is 14.7. The van der Waals surface area contributed by atoms with Crippen LogP contribution in [0.15, 0.2) is 60.8 Å². The van der Waals surface area contributed by atoms with Crippen LogP contribution < -0.4 is 37.6 Å². The van der Waals surface area contributed by atoms with E-state index in [0.717, 1.165) is 10.9 Å². The van der Waals surface area contributed by atoms with E-state index in [4.69, 9.17) is 5.73 Å². The number of H-pyrrole nitrogens is 1. The number of ketones is 1. The summed E-state index contributed by atoms with van der Waals surface area (Å²) in [6, 6.07) is 8.94. The van der Waals surface area contributed by atoms with Crippen molar-refractivity contribution < 1.29 is 58.2 Å². The molecule has 0 saturated carbocycles. The number of aromatic nitrogens is 1. The van der Waals surface area contributed by atoms with E-state index in [9.17, 15) is 58.2 Å². The number of amides is 7. The predicted octanol–water partition coefficient (Wildman–Crippen LogP) is 2.32. The second-order valence-corrected chi connectivity index (χ2v) is 18.9. The van der Waals surface area contributed by atoms with E-state index < -0.39 is 126 Å². The van der Waals surface area contributed by atoms with Crippen LogP contribution in [0.3, 0.4) is 0 Å². The third-order valence-corrected chi connectivity index (χ3v) is 11.4. The molecule has 0 saturated heterocycles. The van der Waals surface area contributed by atoms with Crippen molar-refractivity contribution in [3.8, 4) is 0 Å². The molecule has 376 valence electrons. The molecule has 0 bridgehead atoms. The molecule has 1 heterocycles. The molecule has 69 heavy (non-hydrogen) atoms. The number of hydrogen-bond donors (Lipinski definition) is 10. The Labute approximate surface area is 401 Å². The predicted molar refractivity (Wildman–Crippen MR) is 255 cm³/mol. The monoisotopic (exact) mass is 960 g/mol. The number of Topliss-reactive ketones (excluding diaryl/α,β-unsaturated/α-hetero) is 1. The number of aromatic amines is 1. The van der Waals surface area contributed by atoms with Gasteiger partial charge in [0.25, 0.3) is 5.91 Å². The van der Waals surface area contributed by atoms with Crippen LogP contribution in [0.2, 0.25) is 0 Å². The van der Waals surface area contributed by atoms with Crippen molar-refractivity contribution in [2.24, 2.45) is 17.1 Å². The van der Waals surface area contributed by atoms with Gasteiger partial charge in [0.2, 0.25) is 41.2 Å². The quantitative estimate of drug-likeness (QED) is 0.0469. The molecule has 6 atom stereocenters. The summed E-state index contributed by atoms with van der Waals surface area (Å²) in [4.78, 5) is 135. The number of carboxylic acid groups (broad SMARTS) is 2. The molecule has 0 spiro atoms. The van der Waals surface area contributed by atoms with E-state index in [1.807, 2.05) is 20.8 Å². The molecule has 20 nitrogen and oxygen atoms in total. The van der Waals surface area contributed by atoms with E-state index in [2.05, 4.69) is 36.9 Å². The van der Waals surface area contributed by atoms with Crippen molar-refractivity contribution in [1.29, 1.82) is 0 Å². The molecule has 0 fully saturated rings. The van der Waals surface area contributed by atoms with Gasteiger partial charge >= 0.3 is 11.9 Å². The SMILES string of the molecule is CCCC[C@H](NC(=O)[C@H](CC(C)C)NC(=O)[C@@H](NC(=O)[C@](C)(Cc1ccccc1)NC(=O)[C@H](CCC(=O)O)NC(=O)[C@H](Cc1c[nH]c2ccccc12)NC(=O)CCC(=O)O)C(C)(C)C)C(=O)C(N)=O. The van der Waals surface area contributed by atoms with Crippen molar-refractivity contribution >= 4 is 70.0 Å². The molecular formula is C49H68N8O12. The fraction of sp³-hybridized carbons (Fsp3) is 0.510. The van der Waals surface area contributed by atoms with Crippen molar-refractivity contribution in [3.63, 3.8) is 0 Å². The van der Waals surface area contributed by atoms with Gasteiger partial charge < -0.3 is 52.8 Å². The van der Waals surface area contributed by atoms with Gasteiger partial charge in [-0.25, -0.2) is 0 Å². The van der Waals surface area contributed by atoms with E-state index in [1.165, 1.54) is 6.92 Å². The van der Waals surface area contributed by atoms with E-state index in [1.54, 1.807) is 81.6 Å². The Bertz CT molecular complexity index is 2320. The second-order valence-electron chi connectivity index (χ2n) is 18.9. The van der Waals surface area contributed by atoms with Crippen molar-refractivity contribution in [1.82, 2.24) is 36.9 Å². The Morgan fingerprint density at radius 3 is 1.86 bits per heavy atom. The van der Waals surface area contributed by atoms with Gasteiger partial charge in [-0.05, 0) is 54.7 Å². The number of nitrogens with two attached hydrogens (primary N) is 1. The minimum atomic E-state index is -1.90. The van der Waals surface area contributed by atoms with Gasteiger partial charge in [0.05, 0.1) is 12.5 Å². The Balaban J connectivity index is 2.00. The molecule has 0 aliphatic carbocycles. The van der Waals surface area contributed by atoms with Crippen LogP contribution in [0, 0.1) is 11.3 Å². The van der Waals surface area contributed by atoms with Crippen LogP contribution in [-0.2, 0) is 60.8 Å². The number of rotatable bonds is 28. The van der Waals surface area contributed by atoms with Gasteiger partial charge in [-0.15, -0.1) is 0 Å². The number of hydrogen-bond acceptors (Lipinski definition) is 10. The van der Waals surface area contributed by atoms with Crippen LogP contribution in [0.5, 0.6) is 0 Å². The van der Waals surface area contributed by atoms with Gasteiger partial charge in [0, 0.05) is 42.8 Å². The molecule has 7 amide bonds. The molecule has 0 aliphatic heterocycles. The lowest BCUT2D eigenvalue weighted by Crippen LogP contribution is -2.66. The number of carboxylic acids is 2. The lowest BCUT2D eigenvalue weighted by Gasteiger charge is -2.37. The molecular weight excluding hydrogens is 893 g/mol. The highest BCUT2D eigenvalue weighted by molar-refractivity contribution is 6.37. The van der Waals surface area contributed by atoms with Crippen molar-refractivity contribution in [3.05, 3.63) is 71.9 Å². The summed E-state index contributed by atoms with van der Waals surface area (Å²) in [5.41, 5.74) is 4.23. The lowest BCUT2D eigenvalue weighted by atomic mass is 9.84. The summed E-state index contributed by atoms with van der Waals surface area (Å²) in [5.74, 6) is -9.93. The first-order valence-corrected chi connectivity index (χ1v) is 23.0. The fourth-order valence-corrected chi connectivity index (χ4v) is 7.61. The molecule has 0 unspecified atom stereocenters. The summed E-state index contributed by atoms with van der Waals surface area (Å²) in [6.07, 6.45) is 0.700. The molecule has 0 aliphatic rings. The van der Waals surface area contributed by atoms with Gasteiger partial charge in [-0.3, -0.25) is 47.9 Å². The normalized spacial score (nSPS) is 14.4. The van der Waals surface area contributed by atoms with Crippen LogP contribution in [0.25, 0.3) is 10.9 Å². The first-order valence-electron chi connectivity index (χ1n) is 23.0. The maximum Gasteiger partial charge on any atom is 0.303 e. The maximum atomic E-state index is 14.7. The van der Waals surface area contributed by atoms with Crippen molar-refractivity contribution in [2.45, 2.75) is 148 Å². The first kappa shape index (κ1) is 56.2. The third kappa shape index (κ3) is 17.8. The Morgan fingerprint density at radius 2 is 1.26 bits per heavy atom. The average molecular weight is 961 g/mol. The van der Waals surface area contributed by atoms with Gasteiger partial charge in [0.1, 0.15) is 29.7 Å². The van der Waals surface area contributed by atoms with Gasteiger partial charge in [-0.1, -0.05) is 103 Å². The van der Waals surface area contributed by atoms with E-state index in [0.29, 0.717) is 24.0 Å². The van der Waals surface area contributed by atoms with Crippen LogP contribution in [0.1, 0.15) is 111 Å². The summed E-state index contributed by atoms with van der Waals surface area (Å²) in [6.45, 7) is 11.9. The topological polar surface area (TPSA) is 325 Å². The minimum Gasteiger partial charge on any atom is -0.481 e.